The summed E-state index contributed by atoms with van der Waals surface area (Å²) < 4.78 is 25.7. The van der Waals surface area contributed by atoms with Crippen molar-refractivity contribution < 1.29 is 18.0 Å². The van der Waals surface area contributed by atoms with Crippen LogP contribution < -0.4 is 4.72 Å². The highest BCUT2D eigenvalue weighted by molar-refractivity contribution is 7.90. The first-order valence-corrected chi connectivity index (χ1v) is 8.03. The summed E-state index contributed by atoms with van der Waals surface area (Å²) in [6, 6.07) is 7.44. The van der Waals surface area contributed by atoms with E-state index in [0.29, 0.717) is 0 Å². The second kappa shape index (κ2) is 5.56. The highest BCUT2D eigenvalue weighted by Gasteiger charge is 2.23. The van der Waals surface area contributed by atoms with Gasteiger partial charge in [0.2, 0.25) is 0 Å². The minimum absolute atomic E-state index is 0.0606. The molecule has 2 aromatic rings. The maximum Gasteiger partial charge on any atom is 0.306 e. The van der Waals surface area contributed by atoms with Crippen LogP contribution >= 0.6 is 11.3 Å². The van der Waals surface area contributed by atoms with E-state index in [4.69, 9.17) is 0 Å². The van der Waals surface area contributed by atoms with Crippen molar-refractivity contribution >= 4 is 33.1 Å². The quantitative estimate of drug-likeness (QED) is 0.689. The molecule has 0 fully saturated rings. The Kier molecular flexibility index (Phi) is 4.01. The Morgan fingerprint density at radius 3 is 2.30 bits per heavy atom. The Morgan fingerprint density at radius 2 is 1.75 bits per heavy atom. The van der Waals surface area contributed by atoms with E-state index in [1.165, 1.54) is 34.9 Å². The summed E-state index contributed by atoms with van der Waals surface area (Å²) in [5, 5.41) is 3.12. The maximum absolute atomic E-state index is 11.9. The number of Topliss-reactive ketones (excluding diaryl/α,β-unsaturated/α-hetero) is 1. The average Bonchev–Trinajstić information content (AvgIpc) is 2.91. The number of carbonyl (C=O) groups excluding carboxylic acids is 2. The summed E-state index contributed by atoms with van der Waals surface area (Å²) in [4.78, 5) is 23.3. The third kappa shape index (κ3) is 3.12. The van der Waals surface area contributed by atoms with Crippen LogP contribution in [0.1, 0.15) is 15.9 Å². The van der Waals surface area contributed by atoms with Crippen LogP contribution in [0.2, 0.25) is 0 Å². The minimum atomic E-state index is -4.03. The van der Waals surface area contributed by atoms with Gasteiger partial charge in [-0.1, -0.05) is 17.7 Å². The summed E-state index contributed by atoms with van der Waals surface area (Å²) in [6.45, 7) is 1.81. The van der Waals surface area contributed by atoms with Gasteiger partial charge in [-0.3, -0.25) is 9.59 Å². The zero-order valence-electron chi connectivity index (χ0n) is 10.5. The van der Waals surface area contributed by atoms with Gasteiger partial charge in [0, 0.05) is 10.9 Å². The number of thiophene rings is 1. The molecule has 0 saturated heterocycles. The van der Waals surface area contributed by atoms with Gasteiger partial charge in [-0.2, -0.15) is 11.3 Å². The molecular weight excluding hydrogens is 298 g/mol. The summed E-state index contributed by atoms with van der Waals surface area (Å²) in [7, 11) is -4.03. The molecule has 7 heteroatoms. The summed E-state index contributed by atoms with van der Waals surface area (Å²) in [5.41, 5.74) is 1.07. The monoisotopic (exact) mass is 309 g/mol. The Bertz CT molecular complexity index is 731. The van der Waals surface area contributed by atoms with Crippen molar-refractivity contribution in [3.05, 3.63) is 52.2 Å². The Labute approximate surface area is 120 Å². The highest BCUT2D eigenvalue weighted by Crippen LogP contribution is 2.11. The first kappa shape index (κ1) is 14.4. The van der Waals surface area contributed by atoms with E-state index in [1.54, 1.807) is 22.2 Å². The fraction of sp³-hybridized carbons (Fsp3) is 0.0769. The van der Waals surface area contributed by atoms with Crippen molar-refractivity contribution in [2.45, 2.75) is 11.8 Å². The van der Waals surface area contributed by atoms with Gasteiger partial charge in [-0.25, -0.2) is 13.1 Å². The number of carbonyl (C=O) groups is 2. The van der Waals surface area contributed by atoms with E-state index < -0.39 is 21.7 Å². The Hall–Kier alpha value is -1.99. The average molecular weight is 309 g/mol. The van der Waals surface area contributed by atoms with Gasteiger partial charge >= 0.3 is 5.91 Å². The fourth-order valence-corrected chi connectivity index (χ4v) is 3.05. The van der Waals surface area contributed by atoms with E-state index in [0.717, 1.165) is 5.56 Å². The molecule has 0 unspecified atom stereocenters. The van der Waals surface area contributed by atoms with Gasteiger partial charge in [0.05, 0.1) is 4.90 Å². The topological polar surface area (TPSA) is 80.3 Å². The van der Waals surface area contributed by atoms with E-state index in [2.05, 4.69) is 0 Å². The lowest BCUT2D eigenvalue weighted by molar-refractivity contribution is -0.115. The van der Waals surface area contributed by atoms with E-state index in [1.807, 2.05) is 6.92 Å². The van der Waals surface area contributed by atoms with Gasteiger partial charge < -0.3 is 0 Å². The fourth-order valence-electron chi connectivity index (χ4n) is 1.47. The molecule has 0 radical (unpaired) electrons. The van der Waals surface area contributed by atoms with Crippen LogP contribution in [0.15, 0.2) is 46.0 Å². The standard InChI is InChI=1S/C13H11NO4S2/c1-9-2-4-11(5-3-9)20(17,18)14-13(16)12(15)10-6-7-19-8-10/h2-8H,1H3,(H,14,16). The zero-order chi connectivity index (χ0) is 14.8. The molecular formula is C13H11NO4S2. The van der Waals surface area contributed by atoms with Crippen LogP contribution in [0, 0.1) is 6.92 Å². The summed E-state index contributed by atoms with van der Waals surface area (Å²) >= 11 is 1.25. The van der Waals surface area contributed by atoms with Crippen molar-refractivity contribution in [3.8, 4) is 0 Å². The van der Waals surface area contributed by atoms with E-state index >= 15 is 0 Å². The Balaban J connectivity index is 2.18. The molecule has 0 aliphatic carbocycles. The molecule has 0 aliphatic heterocycles. The summed E-state index contributed by atoms with van der Waals surface area (Å²) in [6.07, 6.45) is 0. The molecule has 0 spiro atoms. The van der Waals surface area contributed by atoms with Gasteiger partial charge in [-0.15, -0.1) is 0 Å². The van der Waals surface area contributed by atoms with E-state index in [-0.39, 0.29) is 10.5 Å². The second-order valence-corrected chi connectivity index (χ2v) is 6.55. The molecule has 1 aromatic carbocycles. The number of aryl methyl sites for hydroxylation is 1. The predicted octanol–water partition coefficient (Wildman–Crippen LogP) is 1.74. The van der Waals surface area contributed by atoms with Crippen molar-refractivity contribution in [2.24, 2.45) is 0 Å². The molecule has 1 aromatic heterocycles. The molecule has 2 rings (SSSR count). The largest absolute Gasteiger partial charge is 0.306 e. The number of amides is 1. The maximum atomic E-state index is 11.9. The lowest BCUT2D eigenvalue weighted by Crippen LogP contribution is -2.35. The van der Waals surface area contributed by atoms with Crippen molar-refractivity contribution in [3.63, 3.8) is 0 Å². The van der Waals surface area contributed by atoms with Crippen molar-refractivity contribution in [2.75, 3.05) is 0 Å². The first-order valence-electron chi connectivity index (χ1n) is 5.60. The molecule has 1 heterocycles. The number of hydrogen-bond acceptors (Lipinski definition) is 5. The van der Waals surface area contributed by atoms with E-state index in [9.17, 15) is 18.0 Å². The Morgan fingerprint density at radius 1 is 1.10 bits per heavy atom. The van der Waals surface area contributed by atoms with Crippen LogP contribution in [0.5, 0.6) is 0 Å². The van der Waals surface area contributed by atoms with Gasteiger partial charge in [0.1, 0.15) is 0 Å². The molecule has 1 amide bonds. The highest BCUT2D eigenvalue weighted by atomic mass is 32.2. The third-order valence-electron chi connectivity index (χ3n) is 2.55. The lowest BCUT2D eigenvalue weighted by atomic mass is 10.2. The van der Waals surface area contributed by atoms with Crippen LogP contribution in [0.4, 0.5) is 0 Å². The minimum Gasteiger partial charge on any atom is -0.283 e. The number of nitrogens with one attached hydrogen (secondary N) is 1. The number of hydrogen-bond donors (Lipinski definition) is 1. The smallest absolute Gasteiger partial charge is 0.283 e. The van der Waals surface area contributed by atoms with Gasteiger partial charge in [-0.05, 0) is 30.5 Å². The van der Waals surface area contributed by atoms with Crippen LogP contribution in [0.3, 0.4) is 0 Å². The lowest BCUT2D eigenvalue weighted by Gasteiger charge is -2.06. The summed E-state index contributed by atoms with van der Waals surface area (Å²) in [5.74, 6) is -2.04. The second-order valence-electron chi connectivity index (χ2n) is 4.09. The molecule has 20 heavy (non-hydrogen) atoms. The number of sulfonamides is 1. The molecule has 0 atom stereocenters. The molecule has 0 bridgehead atoms. The molecule has 0 aliphatic rings. The van der Waals surface area contributed by atoms with Crippen LogP contribution in [0.25, 0.3) is 0 Å². The molecule has 104 valence electrons. The molecule has 0 saturated carbocycles. The predicted molar refractivity (Wildman–Crippen MR) is 75.2 cm³/mol. The number of rotatable bonds is 4. The van der Waals surface area contributed by atoms with Gasteiger partial charge in [0.25, 0.3) is 15.8 Å². The van der Waals surface area contributed by atoms with Crippen LogP contribution in [-0.2, 0) is 14.8 Å². The number of benzene rings is 1. The zero-order valence-corrected chi connectivity index (χ0v) is 12.1. The van der Waals surface area contributed by atoms with Crippen LogP contribution in [-0.4, -0.2) is 20.1 Å². The SMILES string of the molecule is Cc1ccc(S(=O)(=O)NC(=O)C(=O)c2ccsc2)cc1. The van der Waals surface area contributed by atoms with Crippen molar-refractivity contribution in [1.82, 2.24) is 4.72 Å². The first-order chi connectivity index (χ1) is 9.40. The molecule has 1 N–H and O–H groups in total. The molecule has 5 nitrogen and oxygen atoms in total. The normalized spacial score (nSPS) is 11.1. The van der Waals surface area contributed by atoms with Gasteiger partial charge in [0.15, 0.2) is 0 Å². The third-order valence-corrected chi connectivity index (χ3v) is 4.58. The number of ketones is 1. The van der Waals surface area contributed by atoms with Crippen molar-refractivity contribution in [1.29, 1.82) is 0 Å².